The van der Waals surface area contributed by atoms with Crippen LogP contribution in [0, 0.1) is 12.8 Å². The van der Waals surface area contributed by atoms with Crippen LogP contribution >= 0.6 is 0 Å². The molecule has 1 heterocycles. The van der Waals surface area contributed by atoms with Crippen LogP contribution in [0.5, 0.6) is 0 Å². The van der Waals surface area contributed by atoms with Gasteiger partial charge >= 0.3 is 0 Å². The Bertz CT molecular complexity index is 537. The molecule has 6 heteroatoms. The number of nitrogens with one attached hydrogen (secondary N) is 2. The number of aryl methyl sites for hydroxylation is 1. The topological polar surface area (TPSA) is 67.4 Å². The summed E-state index contributed by atoms with van der Waals surface area (Å²) in [6, 6.07) is 5.40. The van der Waals surface area contributed by atoms with Gasteiger partial charge in [0.2, 0.25) is 10.0 Å². The first-order valence-corrected chi connectivity index (χ1v) is 7.87. The molecule has 1 fully saturated rings. The Labute approximate surface area is 114 Å². The predicted molar refractivity (Wildman–Crippen MR) is 74.8 cm³/mol. The van der Waals surface area contributed by atoms with Crippen molar-refractivity contribution < 1.29 is 13.2 Å². The van der Waals surface area contributed by atoms with Gasteiger partial charge in [-0.1, -0.05) is 6.07 Å². The molecule has 0 spiro atoms. The molecule has 1 aliphatic rings. The zero-order valence-electron chi connectivity index (χ0n) is 11.3. The van der Waals surface area contributed by atoms with Crippen molar-refractivity contribution >= 4 is 15.7 Å². The summed E-state index contributed by atoms with van der Waals surface area (Å²) < 4.78 is 31.4. The summed E-state index contributed by atoms with van der Waals surface area (Å²) in [7, 11) is -1.98. The van der Waals surface area contributed by atoms with E-state index in [1.807, 2.05) is 12.1 Å². The minimum atomic E-state index is -3.40. The molecule has 0 bridgehead atoms. The molecular formula is C13H20N2O3S. The lowest BCUT2D eigenvalue weighted by atomic mass is 10.1. The van der Waals surface area contributed by atoms with E-state index in [9.17, 15) is 8.42 Å². The molecule has 106 valence electrons. The van der Waals surface area contributed by atoms with Crippen molar-refractivity contribution in [2.24, 2.45) is 5.92 Å². The van der Waals surface area contributed by atoms with E-state index in [-0.39, 0.29) is 0 Å². The third-order valence-electron chi connectivity index (χ3n) is 3.37. The second kappa shape index (κ2) is 5.90. The van der Waals surface area contributed by atoms with E-state index >= 15 is 0 Å². The van der Waals surface area contributed by atoms with E-state index in [1.54, 1.807) is 13.0 Å². The fraction of sp³-hybridized carbons (Fsp3) is 0.538. The Balaban J connectivity index is 2.12. The molecule has 1 saturated heterocycles. The van der Waals surface area contributed by atoms with Crippen LogP contribution in [0.2, 0.25) is 0 Å². The van der Waals surface area contributed by atoms with Gasteiger partial charge < -0.3 is 10.1 Å². The lowest BCUT2D eigenvalue weighted by Gasteiger charge is -2.13. The molecular weight excluding hydrogens is 264 g/mol. The highest BCUT2D eigenvalue weighted by Gasteiger charge is 2.17. The van der Waals surface area contributed by atoms with E-state index in [2.05, 4.69) is 10.0 Å². The van der Waals surface area contributed by atoms with E-state index in [1.165, 1.54) is 7.05 Å². The predicted octanol–water partition coefficient (Wildman–Crippen LogP) is 1.35. The number of sulfonamides is 1. The molecule has 0 radical (unpaired) electrons. The summed E-state index contributed by atoms with van der Waals surface area (Å²) >= 11 is 0. The summed E-state index contributed by atoms with van der Waals surface area (Å²) in [6.45, 7) is 4.20. The van der Waals surface area contributed by atoms with Crippen LogP contribution in [-0.2, 0) is 14.8 Å². The van der Waals surface area contributed by atoms with Crippen molar-refractivity contribution in [3.63, 3.8) is 0 Å². The molecule has 19 heavy (non-hydrogen) atoms. The number of ether oxygens (including phenoxy) is 1. The Morgan fingerprint density at radius 2 is 2.21 bits per heavy atom. The average Bonchev–Trinajstić information content (AvgIpc) is 2.91. The van der Waals surface area contributed by atoms with Crippen LogP contribution in [0.25, 0.3) is 0 Å². The minimum Gasteiger partial charge on any atom is -0.385 e. The van der Waals surface area contributed by atoms with Gasteiger partial charge in [-0.3, -0.25) is 0 Å². The largest absolute Gasteiger partial charge is 0.385 e. The Kier molecular flexibility index (Phi) is 4.44. The highest BCUT2D eigenvalue weighted by Crippen LogP contribution is 2.21. The van der Waals surface area contributed by atoms with Gasteiger partial charge in [0.25, 0.3) is 0 Å². The molecule has 2 N–H and O–H groups in total. The van der Waals surface area contributed by atoms with Crippen molar-refractivity contribution in [1.29, 1.82) is 0 Å². The van der Waals surface area contributed by atoms with E-state index in [0.29, 0.717) is 10.8 Å². The highest BCUT2D eigenvalue weighted by molar-refractivity contribution is 7.89. The third-order valence-corrected chi connectivity index (χ3v) is 4.92. The van der Waals surface area contributed by atoms with Crippen LogP contribution in [-0.4, -0.2) is 35.2 Å². The van der Waals surface area contributed by atoms with Crippen LogP contribution < -0.4 is 10.0 Å². The number of rotatable bonds is 5. The first-order chi connectivity index (χ1) is 9.03. The summed E-state index contributed by atoms with van der Waals surface area (Å²) in [5.41, 5.74) is 1.57. The molecule has 1 aromatic rings. The van der Waals surface area contributed by atoms with E-state index in [0.717, 1.165) is 37.4 Å². The molecule has 0 amide bonds. The molecule has 1 unspecified atom stereocenters. The second-order valence-electron chi connectivity index (χ2n) is 4.80. The first kappa shape index (κ1) is 14.3. The van der Waals surface area contributed by atoms with Crippen molar-refractivity contribution in [3.05, 3.63) is 23.8 Å². The van der Waals surface area contributed by atoms with Gasteiger partial charge in [-0.05, 0) is 38.1 Å². The first-order valence-electron chi connectivity index (χ1n) is 6.39. The standard InChI is InChI=1S/C13H20N2O3S/c1-10-3-4-12(7-13(10)19(16,17)14-2)15-8-11-5-6-18-9-11/h3-4,7,11,14-15H,5-6,8-9H2,1-2H3. The molecule has 0 aliphatic carbocycles. The lowest BCUT2D eigenvalue weighted by molar-refractivity contribution is 0.187. The van der Waals surface area contributed by atoms with Gasteiger partial charge in [0, 0.05) is 24.8 Å². The van der Waals surface area contributed by atoms with E-state index in [4.69, 9.17) is 4.74 Å². The molecule has 5 nitrogen and oxygen atoms in total. The van der Waals surface area contributed by atoms with E-state index < -0.39 is 10.0 Å². The normalized spacial score (nSPS) is 19.6. The molecule has 1 aromatic carbocycles. The van der Waals surface area contributed by atoms with Gasteiger partial charge in [0.15, 0.2) is 0 Å². The second-order valence-corrected chi connectivity index (χ2v) is 6.65. The van der Waals surface area contributed by atoms with Crippen LogP contribution in [0.15, 0.2) is 23.1 Å². The Morgan fingerprint density at radius 1 is 1.42 bits per heavy atom. The highest BCUT2D eigenvalue weighted by atomic mass is 32.2. The number of anilines is 1. The number of hydrogen-bond acceptors (Lipinski definition) is 4. The Morgan fingerprint density at radius 3 is 2.84 bits per heavy atom. The summed E-state index contributed by atoms with van der Waals surface area (Å²) in [5.74, 6) is 0.505. The maximum absolute atomic E-state index is 11.9. The monoisotopic (exact) mass is 284 g/mol. The molecule has 1 atom stereocenters. The smallest absolute Gasteiger partial charge is 0.240 e. The van der Waals surface area contributed by atoms with Gasteiger partial charge in [-0.2, -0.15) is 0 Å². The van der Waals surface area contributed by atoms with Gasteiger partial charge in [0.05, 0.1) is 11.5 Å². The SMILES string of the molecule is CNS(=O)(=O)c1cc(NCC2CCOC2)ccc1C. The van der Waals surface area contributed by atoms with Crippen molar-refractivity contribution in [1.82, 2.24) is 4.72 Å². The number of hydrogen-bond donors (Lipinski definition) is 2. The van der Waals surface area contributed by atoms with Crippen LogP contribution in [0.1, 0.15) is 12.0 Å². The minimum absolute atomic E-state index is 0.322. The maximum atomic E-state index is 11.9. The lowest BCUT2D eigenvalue weighted by Crippen LogP contribution is -2.20. The molecule has 1 aliphatic heterocycles. The zero-order valence-corrected chi connectivity index (χ0v) is 12.1. The van der Waals surface area contributed by atoms with Crippen LogP contribution in [0.4, 0.5) is 5.69 Å². The van der Waals surface area contributed by atoms with Crippen LogP contribution in [0.3, 0.4) is 0 Å². The van der Waals surface area contributed by atoms with Gasteiger partial charge in [-0.15, -0.1) is 0 Å². The van der Waals surface area contributed by atoms with Gasteiger partial charge in [0.1, 0.15) is 0 Å². The quantitative estimate of drug-likeness (QED) is 0.856. The fourth-order valence-electron chi connectivity index (χ4n) is 2.12. The fourth-order valence-corrected chi connectivity index (χ4v) is 3.11. The third kappa shape index (κ3) is 3.46. The van der Waals surface area contributed by atoms with Crippen molar-refractivity contribution in [3.8, 4) is 0 Å². The zero-order chi connectivity index (χ0) is 13.9. The van der Waals surface area contributed by atoms with Gasteiger partial charge in [-0.25, -0.2) is 13.1 Å². The Hall–Kier alpha value is -1.11. The van der Waals surface area contributed by atoms with Crippen molar-refractivity contribution in [2.45, 2.75) is 18.2 Å². The summed E-state index contributed by atoms with van der Waals surface area (Å²) in [4.78, 5) is 0.322. The number of benzene rings is 1. The maximum Gasteiger partial charge on any atom is 0.240 e. The van der Waals surface area contributed by atoms with Crippen molar-refractivity contribution in [2.75, 3.05) is 32.1 Å². The molecule has 0 aromatic heterocycles. The average molecular weight is 284 g/mol. The molecule has 2 rings (SSSR count). The summed E-state index contributed by atoms with van der Waals surface area (Å²) in [6.07, 6.45) is 1.06. The summed E-state index contributed by atoms with van der Waals surface area (Å²) in [5, 5.41) is 3.28. The molecule has 0 saturated carbocycles.